The molecule has 0 aromatic carbocycles. The molecule has 17 heavy (non-hydrogen) atoms. The number of hydrogen-bond donors (Lipinski definition) is 0. The Morgan fingerprint density at radius 3 is 1.24 bits per heavy atom. The van der Waals surface area contributed by atoms with E-state index >= 15 is 0 Å². The van der Waals surface area contributed by atoms with E-state index in [1.165, 1.54) is 24.9 Å². The predicted molar refractivity (Wildman–Crippen MR) is 97.0 cm³/mol. The predicted octanol–water partition coefficient (Wildman–Crippen LogP) is 5.08. The van der Waals surface area contributed by atoms with E-state index in [1.807, 2.05) is 0 Å². The quantitative estimate of drug-likeness (QED) is 0.493. The highest BCUT2D eigenvalue weighted by Gasteiger charge is 2.10. The summed E-state index contributed by atoms with van der Waals surface area (Å²) >= 11 is 0. The van der Waals surface area contributed by atoms with Crippen LogP contribution in [0.5, 0.6) is 0 Å². The van der Waals surface area contributed by atoms with Gasteiger partial charge in [-0.15, -0.1) is 31.7 Å². The van der Waals surface area contributed by atoms with E-state index in [1.54, 1.807) is 18.5 Å². The molecule has 0 aromatic heterocycles. The Balaban J connectivity index is 3.84. The molecule has 0 bridgehead atoms. The van der Waals surface area contributed by atoms with Crippen LogP contribution in [0.3, 0.4) is 0 Å². The molecule has 0 fully saturated rings. The monoisotopic (exact) mass is 312 g/mol. The topological polar surface area (TPSA) is 0 Å². The zero-order chi connectivity index (χ0) is 13.3. The summed E-state index contributed by atoms with van der Waals surface area (Å²) in [4.78, 5) is 0. The molecule has 0 saturated heterocycles. The van der Waals surface area contributed by atoms with Crippen molar-refractivity contribution in [2.75, 3.05) is 77.0 Å². The highest BCUT2D eigenvalue weighted by molar-refractivity contribution is 7.62. The van der Waals surface area contributed by atoms with Gasteiger partial charge < -0.3 is 0 Å². The number of rotatable bonds is 10. The molecule has 0 heterocycles. The van der Waals surface area contributed by atoms with Gasteiger partial charge in [0.2, 0.25) is 0 Å². The SMILES string of the molecule is CP(C)CCCP(CCP(C)C)CCP(C)C. The first-order chi connectivity index (χ1) is 7.91. The van der Waals surface area contributed by atoms with E-state index in [4.69, 9.17) is 0 Å². The van der Waals surface area contributed by atoms with Crippen LogP contribution in [-0.2, 0) is 0 Å². The minimum atomic E-state index is 0.339. The normalized spacial score (nSPS) is 12.4. The van der Waals surface area contributed by atoms with Crippen LogP contribution in [0.15, 0.2) is 0 Å². The summed E-state index contributed by atoms with van der Waals surface area (Å²) in [5, 5.41) is 0. The molecular formula is C13H32P4. The summed E-state index contributed by atoms with van der Waals surface area (Å²) in [7, 11) is 1.41. The molecule has 104 valence electrons. The molecule has 0 aliphatic rings. The number of hydrogen-bond acceptors (Lipinski definition) is 0. The van der Waals surface area contributed by atoms with Crippen LogP contribution in [-0.4, -0.2) is 77.0 Å². The molecule has 0 atom stereocenters. The molecule has 0 rings (SSSR count). The summed E-state index contributed by atoms with van der Waals surface area (Å²) < 4.78 is 0. The Bertz CT molecular complexity index is 157. The summed E-state index contributed by atoms with van der Waals surface area (Å²) in [6, 6.07) is 0. The maximum Gasteiger partial charge on any atom is -0.0286 e. The van der Waals surface area contributed by atoms with Gasteiger partial charge in [0, 0.05) is 0 Å². The Labute approximate surface area is 115 Å². The molecular weight excluding hydrogens is 280 g/mol. The van der Waals surface area contributed by atoms with Gasteiger partial charge in [0.1, 0.15) is 0 Å². The first-order valence-electron chi connectivity index (χ1n) is 6.58. The van der Waals surface area contributed by atoms with Crippen molar-refractivity contribution in [1.29, 1.82) is 0 Å². The van der Waals surface area contributed by atoms with Crippen molar-refractivity contribution >= 4 is 31.7 Å². The minimum Gasteiger partial charge on any atom is -0.113 e. The van der Waals surface area contributed by atoms with Gasteiger partial charge in [-0.3, -0.25) is 0 Å². The van der Waals surface area contributed by atoms with Crippen LogP contribution in [0.1, 0.15) is 6.42 Å². The van der Waals surface area contributed by atoms with E-state index in [0.717, 1.165) is 0 Å². The highest BCUT2D eigenvalue weighted by atomic mass is 31.1. The van der Waals surface area contributed by atoms with Crippen molar-refractivity contribution < 1.29 is 0 Å². The smallest absolute Gasteiger partial charge is 0.0286 e. The fraction of sp³-hybridized carbons (Fsp3) is 1.00. The zero-order valence-corrected chi connectivity index (χ0v) is 16.3. The lowest BCUT2D eigenvalue weighted by Crippen LogP contribution is -2.02. The van der Waals surface area contributed by atoms with Gasteiger partial charge in [-0.05, 0) is 83.4 Å². The van der Waals surface area contributed by atoms with Crippen molar-refractivity contribution in [3.05, 3.63) is 0 Å². The molecule has 0 saturated carbocycles. The molecule has 0 aromatic rings. The fourth-order valence-electron chi connectivity index (χ4n) is 1.63. The first kappa shape index (κ1) is 18.7. The Kier molecular flexibility index (Phi) is 12.7. The fourth-order valence-corrected chi connectivity index (χ4v) is 9.41. The van der Waals surface area contributed by atoms with Crippen LogP contribution >= 0.6 is 31.7 Å². The summed E-state index contributed by atoms with van der Waals surface area (Å²) in [6.45, 7) is 14.6. The average Bonchev–Trinajstić information content (AvgIpc) is 2.20. The maximum atomic E-state index is 2.44. The van der Waals surface area contributed by atoms with Crippen LogP contribution in [0.4, 0.5) is 0 Å². The highest BCUT2D eigenvalue weighted by Crippen LogP contribution is 2.43. The Hall–Kier alpha value is 1.72. The lowest BCUT2D eigenvalue weighted by Gasteiger charge is -2.20. The summed E-state index contributed by atoms with van der Waals surface area (Å²) in [5.41, 5.74) is 0. The van der Waals surface area contributed by atoms with E-state index in [-0.39, 0.29) is 0 Å². The standard InChI is InChI=1S/C13H32P4/c1-14(2)8-7-9-17(12-10-15(3)4)13-11-16(5)6/h7-13H2,1-6H3. The molecule has 4 heteroatoms. The molecule has 0 unspecified atom stereocenters. The van der Waals surface area contributed by atoms with Gasteiger partial charge in [-0.2, -0.15) is 0 Å². The lowest BCUT2D eigenvalue weighted by atomic mass is 10.6. The average molecular weight is 312 g/mol. The van der Waals surface area contributed by atoms with Gasteiger partial charge in [-0.25, -0.2) is 0 Å². The molecule has 0 amide bonds. The largest absolute Gasteiger partial charge is 0.113 e. The van der Waals surface area contributed by atoms with Crippen molar-refractivity contribution in [1.82, 2.24) is 0 Å². The van der Waals surface area contributed by atoms with Gasteiger partial charge in [0.05, 0.1) is 0 Å². The lowest BCUT2D eigenvalue weighted by molar-refractivity contribution is 1.09. The van der Waals surface area contributed by atoms with Crippen molar-refractivity contribution in [2.45, 2.75) is 6.42 Å². The first-order valence-corrected chi connectivity index (χ1v) is 15.7. The van der Waals surface area contributed by atoms with Crippen LogP contribution in [0, 0.1) is 0 Å². The summed E-state index contributed by atoms with van der Waals surface area (Å²) in [5.74, 6) is 0. The molecule has 0 aliphatic carbocycles. The van der Waals surface area contributed by atoms with E-state index in [9.17, 15) is 0 Å². The van der Waals surface area contributed by atoms with Gasteiger partial charge >= 0.3 is 0 Å². The van der Waals surface area contributed by atoms with Gasteiger partial charge in [0.25, 0.3) is 0 Å². The molecule has 0 radical (unpaired) electrons. The second-order valence-electron chi connectivity index (χ2n) is 5.61. The van der Waals surface area contributed by atoms with Crippen molar-refractivity contribution in [2.24, 2.45) is 0 Å². The second kappa shape index (κ2) is 11.5. The van der Waals surface area contributed by atoms with Crippen LogP contribution < -0.4 is 0 Å². The van der Waals surface area contributed by atoms with Crippen LogP contribution in [0.25, 0.3) is 0 Å². The third-order valence-corrected chi connectivity index (χ3v) is 9.62. The second-order valence-corrected chi connectivity index (χ2v) is 16.1. The Morgan fingerprint density at radius 1 is 0.471 bits per heavy atom. The third-order valence-electron chi connectivity index (χ3n) is 2.81. The van der Waals surface area contributed by atoms with Gasteiger partial charge in [-0.1, -0.05) is 0 Å². The molecule has 0 N–H and O–H groups in total. The van der Waals surface area contributed by atoms with Crippen molar-refractivity contribution in [3.8, 4) is 0 Å². The molecule has 0 nitrogen and oxygen atoms in total. The third kappa shape index (κ3) is 13.9. The molecule has 0 spiro atoms. The van der Waals surface area contributed by atoms with E-state index in [0.29, 0.717) is 31.7 Å². The maximum absolute atomic E-state index is 2.44. The summed E-state index contributed by atoms with van der Waals surface area (Å²) in [6.07, 6.45) is 10.8. The van der Waals surface area contributed by atoms with E-state index < -0.39 is 0 Å². The van der Waals surface area contributed by atoms with E-state index in [2.05, 4.69) is 40.0 Å². The van der Waals surface area contributed by atoms with Gasteiger partial charge in [0.15, 0.2) is 0 Å². The van der Waals surface area contributed by atoms with Crippen LogP contribution in [0.2, 0.25) is 0 Å². The molecule has 0 aliphatic heterocycles. The minimum absolute atomic E-state index is 0.339. The zero-order valence-electron chi connectivity index (χ0n) is 12.7. The Morgan fingerprint density at radius 2 is 0.882 bits per heavy atom. The van der Waals surface area contributed by atoms with Crippen molar-refractivity contribution in [3.63, 3.8) is 0 Å².